The Bertz CT molecular complexity index is 585. The van der Waals surface area contributed by atoms with Gasteiger partial charge in [-0.05, 0) is 19.1 Å². The molecule has 0 aliphatic heterocycles. The van der Waals surface area contributed by atoms with Crippen molar-refractivity contribution in [3.8, 4) is 0 Å². The summed E-state index contributed by atoms with van der Waals surface area (Å²) in [4.78, 5) is 19.9. The summed E-state index contributed by atoms with van der Waals surface area (Å²) in [5.41, 5.74) is 7.22. The molecule has 3 N–H and O–H groups in total. The van der Waals surface area contributed by atoms with Crippen molar-refractivity contribution in [3.05, 3.63) is 24.3 Å². The standard InChI is InChI=1S/C12H14N4O2/c1-7(12(17)18-2)14-11-10(13)15-8-5-3-4-6-9(8)16-11/h3-7H,1-2H3,(H2,13,15)(H,14,16). The maximum Gasteiger partial charge on any atom is 0.328 e. The number of methoxy groups -OCH3 is 1. The summed E-state index contributed by atoms with van der Waals surface area (Å²) in [6.07, 6.45) is 0. The fourth-order valence-corrected chi connectivity index (χ4v) is 1.56. The minimum absolute atomic E-state index is 0.254. The number of nitrogens with one attached hydrogen (secondary N) is 1. The van der Waals surface area contributed by atoms with Crippen LogP contribution in [0.4, 0.5) is 11.6 Å². The van der Waals surface area contributed by atoms with E-state index in [9.17, 15) is 4.79 Å². The number of carbonyl (C=O) groups excluding carboxylic acids is 1. The molecule has 6 heteroatoms. The molecule has 1 aromatic heterocycles. The first-order chi connectivity index (χ1) is 8.61. The quantitative estimate of drug-likeness (QED) is 0.790. The molecule has 0 spiro atoms. The summed E-state index contributed by atoms with van der Waals surface area (Å²) < 4.78 is 4.62. The van der Waals surface area contributed by atoms with Crippen molar-refractivity contribution >= 4 is 28.6 Å². The number of aromatic nitrogens is 2. The topological polar surface area (TPSA) is 90.1 Å². The van der Waals surface area contributed by atoms with Gasteiger partial charge in [-0.1, -0.05) is 12.1 Å². The van der Waals surface area contributed by atoms with Crippen LogP contribution in [-0.4, -0.2) is 29.1 Å². The number of fused-ring (bicyclic) bond motifs is 1. The second-order valence-corrected chi connectivity index (χ2v) is 3.84. The molecule has 18 heavy (non-hydrogen) atoms. The molecule has 1 aromatic carbocycles. The lowest BCUT2D eigenvalue weighted by molar-refractivity contribution is -0.141. The number of hydrogen-bond donors (Lipinski definition) is 2. The lowest BCUT2D eigenvalue weighted by atomic mass is 10.3. The first-order valence-corrected chi connectivity index (χ1v) is 5.48. The molecule has 0 bridgehead atoms. The average Bonchev–Trinajstić information content (AvgIpc) is 2.38. The van der Waals surface area contributed by atoms with E-state index in [0.29, 0.717) is 16.9 Å². The zero-order valence-electron chi connectivity index (χ0n) is 10.2. The molecular formula is C12H14N4O2. The van der Waals surface area contributed by atoms with Crippen LogP contribution < -0.4 is 11.1 Å². The molecule has 0 aliphatic carbocycles. The summed E-state index contributed by atoms with van der Waals surface area (Å²) in [6, 6.07) is 6.84. The lowest BCUT2D eigenvalue weighted by Gasteiger charge is -2.13. The first kappa shape index (κ1) is 12.1. The van der Waals surface area contributed by atoms with Gasteiger partial charge < -0.3 is 15.8 Å². The second-order valence-electron chi connectivity index (χ2n) is 3.84. The summed E-state index contributed by atoms with van der Waals surface area (Å²) >= 11 is 0. The van der Waals surface area contributed by atoms with E-state index in [-0.39, 0.29) is 11.8 Å². The first-order valence-electron chi connectivity index (χ1n) is 5.48. The molecule has 0 fully saturated rings. The van der Waals surface area contributed by atoms with Gasteiger partial charge in [0.05, 0.1) is 18.1 Å². The molecule has 1 unspecified atom stereocenters. The number of hydrogen-bond acceptors (Lipinski definition) is 6. The van der Waals surface area contributed by atoms with Crippen molar-refractivity contribution in [2.75, 3.05) is 18.2 Å². The predicted octanol–water partition coefficient (Wildman–Crippen LogP) is 1.19. The second kappa shape index (κ2) is 4.87. The van der Waals surface area contributed by atoms with Gasteiger partial charge in [0.2, 0.25) is 0 Å². The maximum absolute atomic E-state index is 11.3. The SMILES string of the molecule is COC(=O)C(C)Nc1nc2ccccc2nc1N. The highest BCUT2D eigenvalue weighted by Crippen LogP contribution is 2.19. The number of nitrogens with two attached hydrogens (primary N) is 1. The third-order valence-electron chi connectivity index (χ3n) is 2.51. The number of ether oxygens (including phenoxy) is 1. The molecule has 0 aliphatic rings. The van der Waals surface area contributed by atoms with Crippen molar-refractivity contribution in [2.24, 2.45) is 0 Å². The molecule has 2 rings (SSSR count). The molecule has 2 aromatic rings. The van der Waals surface area contributed by atoms with E-state index >= 15 is 0 Å². The number of carbonyl (C=O) groups is 1. The van der Waals surface area contributed by atoms with Gasteiger partial charge in [0, 0.05) is 0 Å². The van der Waals surface area contributed by atoms with Crippen LogP contribution in [0.1, 0.15) is 6.92 Å². The Morgan fingerprint density at radius 3 is 2.56 bits per heavy atom. The smallest absolute Gasteiger partial charge is 0.328 e. The van der Waals surface area contributed by atoms with Crippen molar-refractivity contribution in [1.29, 1.82) is 0 Å². The molecule has 94 valence electrons. The Morgan fingerprint density at radius 1 is 1.33 bits per heavy atom. The van der Waals surface area contributed by atoms with E-state index in [2.05, 4.69) is 20.0 Å². The van der Waals surface area contributed by atoms with Gasteiger partial charge in [0.1, 0.15) is 6.04 Å². The Kier molecular flexibility index (Phi) is 3.27. The average molecular weight is 246 g/mol. The highest BCUT2D eigenvalue weighted by Gasteiger charge is 2.15. The Hall–Kier alpha value is -2.37. The van der Waals surface area contributed by atoms with Crippen LogP contribution in [-0.2, 0) is 9.53 Å². The van der Waals surface area contributed by atoms with Gasteiger partial charge in [0.25, 0.3) is 0 Å². The molecule has 6 nitrogen and oxygen atoms in total. The normalized spacial score (nSPS) is 12.1. The molecule has 0 saturated heterocycles. The molecule has 1 atom stereocenters. The van der Waals surface area contributed by atoms with Crippen LogP contribution in [0.2, 0.25) is 0 Å². The molecule has 0 amide bonds. The summed E-state index contributed by atoms with van der Waals surface area (Å²) in [6.45, 7) is 1.67. The lowest BCUT2D eigenvalue weighted by Crippen LogP contribution is -2.28. The fraction of sp³-hybridized carbons (Fsp3) is 0.250. The molecule has 1 heterocycles. The maximum atomic E-state index is 11.3. The number of nitrogens with zero attached hydrogens (tertiary/aromatic N) is 2. The van der Waals surface area contributed by atoms with E-state index in [1.54, 1.807) is 6.92 Å². The summed E-state index contributed by atoms with van der Waals surface area (Å²) in [7, 11) is 1.33. The largest absolute Gasteiger partial charge is 0.467 e. The summed E-state index contributed by atoms with van der Waals surface area (Å²) in [5.74, 6) is 0.250. The van der Waals surface area contributed by atoms with Gasteiger partial charge in [-0.15, -0.1) is 0 Å². The van der Waals surface area contributed by atoms with E-state index in [0.717, 1.165) is 0 Å². The zero-order chi connectivity index (χ0) is 13.1. The molecule has 0 saturated carbocycles. The Morgan fingerprint density at radius 2 is 1.94 bits per heavy atom. The highest BCUT2D eigenvalue weighted by molar-refractivity contribution is 5.82. The van der Waals surface area contributed by atoms with Crippen LogP contribution in [0.3, 0.4) is 0 Å². The number of rotatable bonds is 3. The Labute approximate surface area is 104 Å². The molecular weight excluding hydrogens is 232 g/mol. The van der Waals surface area contributed by atoms with E-state index < -0.39 is 6.04 Å². The van der Waals surface area contributed by atoms with E-state index in [4.69, 9.17) is 5.73 Å². The van der Waals surface area contributed by atoms with Gasteiger partial charge in [-0.25, -0.2) is 14.8 Å². The Balaban J connectivity index is 2.33. The van der Waals surface area contributed by atoms with Crippen LogP contribution in [0, 0.1) is 0 Å². The van der Waals surface area contributed by atoms with Gasteiger partial charge in [0.15, 0.2) is 11.6 Å². The van der Waals surface area contributed by atoms with Gasteiger partial charge in [-0.3, -0.25) is 0 Å². The van der Waals surface area contributed by atoms with E-state index in [1.165, 1.54) is 7.11 Å². The number of nitrogen functional groups attached to an aromatic ring is 1. The highest BCUT2D eigenvalue weighted by atomic mass is 16.5. The van der Waals surface area contributed by atoms with Crippen LogP contribution in [0.5, 0.6) is 0 Å². The minimum Gasteiger partial charge on any atom is -0.467 e. The number of esters is 1. The predicted molar refractivity (Wildman–Crippen MR) is 69.1 cm³/mol. The van der Waals surface area contributed by atoms with Crippen molar-refractivity contribution in [2.45, 2.75) is 13.0 Å². The van der Waals surface area contributed by atoms with Crippen LogP contribution in [0.25, 0.3) is 11.0 Å². The van der Waals surface area contributed by atoms with Gasteiger partial charge in [-0.2, -0.15) is 0 Å². The fourth-order valence-electron chi connectivity index (χ4n) is 1.56. The third-order valence-corrected chi connectivity index (χ3v) is 2.51. The van der Waals surface area contributed by atoms with Crippen molar-refractivity contribution < 1.29 is 9.53 Å². The van der Waals surface area contributed by atoms with Crippen molar-refractivity contribution in [3.63, 3.8) is 0 Å². The van der Waals surface area contributed by atoms with Gasteiger partial charge >= 0.3 is 5.97 Å². The monoisotopic (exact) mass is 246 g/mol. The van der Waals surface area contributed by atoms with Crippen LogP contribution >= 0.6 is 0 Å². The minimum atomic E-state index is -0.534. The third kappa shape index (κ3) is 2.32. The molecule has 0 radical (unpaired) electrons. The number of benzene rings is 1. The summed E-state index contributed by atoms with van der Waals surface area (Å²) in [5, 5.41) is 2.88. The number of anilines is 2. The van der Waals surface area contributed by atoms with E-state index in [1.807, 2.05) is 24.3 Å². The number of para-hydroxylation sites is 2. The zero-order valence-corrected chi connectivity index (χ0v) is 10.2. The van der Waals surface area contributed by atoms with Crippen LogP contribution in [0.15, 0.2) is 24.3 Å². The van der Waals surface area contributed by atoms with Crippen molar-refractivity contribution in [1.82, 2.24) is 9.97 Å².